The number of nitrogens with one attached hydrogen (secondary N) is 2. The van der Waals surface area contributed by atoms with Crippen molar-refractivity contribution < 1.29 is 18.7 Å². The number of hydrogen-bond donors (Lipinski definition) is 2. The molecule has 0 spiro atoms. The fourth-order valence-electron chi connectivity index (χ4n) is 1.90. The summed E-state index contributed by atoms with van der Waals surface area (Å²) in [7, 11) is 1.59. The van der Waals surface area contributed by atoms with Gasteiger partial charge in [-0.3, -0.25) is 10.1 Å². The number of thioether (sulfide) groups is 1. The Morgan fingerprint density at radius 3 is 2.42 bits per heavy atom. The number of amides is 3. The summed E-state index contributed by atoms with van der Waals surface area (Å²) in [4.78, 5) is 23.8. The van der Waals surface area contributed by atoms with Gasteiger partial charge in [-0.2, -0.15) is 0 Å². The molecule has 0 bridgehead atoms. The van der Waals surface area contributed by atoms with Gasteiger partial charge in [-0.15, -0.1) is 10.2 Å². The predicted octanol–water partition coefficient (Wildman–Crippen LogP) is 2.85. The molecule has 9 heteroatoms. The number of aromatic nitrogens is 2. The zero-order valence-corrected chi connectivity index (χ0v) is 16.1. The van der Waals surface area contributed by atoms with Gasteiger partial charge < -0.3 is 14.5 Å². The maximum absolute atomic E-state index is 12.1. The Balaban J connectivity index is 1.94. The van der Waals surface area contributed by atoms with Crippen LogP contribution < -0.4 is 15.4 Å². The molecule has 1 aromatic carbocycles. The molecule has 26 heavy (non-hydrogen) atoms. The summed E-state index contributed by atoms with van der Waals surface area (Å²) in [5.41, 5.74) is 0.312. The van der Waals surface area contributed by atoms with Crippen molar-refractivity contribution in [2.24, 2.45) is 0 Å². The van der Waals surface area contributed by atoms with Crippen molar-refractivity contribution in [3.63, 3.8) is 0 Å². The van der Waals surface area contributed by atoms with E-state index in [-0.39, 0.29) is 5.22 Å². The van der Waals surface area contributed by atoms with Crippen molar-refractivity contribution in [3.8, 4) is 17.2 Å². The Labute approximate surface area is 156 Å². The SMILES string of the molecule is COc1ccc(-c2nnc(S[C@@H](C)C(=O)NC(=O)NC(C)(C)C)o2)cc1. The highest BCUT2D eigenvalue weighted by Crippen LogP contribution is 2.27. The highest BCUT2D eigenvalue weighted by atomic mass is 32.2. The predicted molar refractivity (Wildman–Crippen MR) is 98.0 cm³/mol. The Hall–Kier alpha value is -2.55. The minimum atomic E-state index is -0.579. The Morgan fingerprint density at radius 1 is 1.19 bits per heavy atom. The van der Waals surface area contributed by atoms with Crippen LogP contribution in [0.3, 0.4) is 0 Å². The molecule has 0 saturated heterocycles. The van der Waals surface area contributed by atoms with Gasteiger partial charge in [-0.25, -0.2) is 4.79 Å². The number of hydrogen-bond acceptors (Lipinski definition) is 7. The van der Waals surface area contributed by atoms with Crippen molar-refractivity contribution in [2.75, 3.05) is 7.11 Å². The molecule has 2 aromatic rings. The first-order valence-corrected chi connectivity index (χ1v) is 8.83. The molecule has 0 saturated carbocycles. The quantitative estimate of drug-likeness (QED) is 0.771. The summed E-state index contributed by atoms with van der Waals surface area (Å²) in [6, 6.07) is 6.63. The summed E-state index contributed by atoms with van der Waals surface area (Å²) in [5.74, 6) is 0.621. The minimum absolute atomic E-state index is 0.245. The van der Waals surface area contributed by atoms with E-state index >= 15 is 0 Å². The van der Waals surface area contributed by atoms with Crippen molar-refractivity contribution in [1.82, 2.24) is 20.8 Å². The average molecular weight is 378 g/mol. The number of carbonyl (C=O) groups excluding carboxylic acids is 2. The third-order valence-corrected chi connectivity index (χ3v) is 4.05. The molecule has 1 atom stereocenters. The Kier molecular flexibility index (Phi) is 6.25. The molecule has 0 unspecified atom stereocenters. The lowest BCUT2D eigenvalue weighted by atomic mass is 10.1. The first kappa shape index (κ1) is 19.8. The lowest BCUT2D eigenvalue weighted by molar-refractivity contribution is -0.119. The number of carbonyl (C=O) groups is 2. The van der Waals surface area contributed by atoms with Crippen LogP contribution in [0.4, 0.5) is 4.79 Å². The molecule has 0 aliphatic heterocycles. The second kappa shape index (κ2) is 8.22. The number of imide groups is 1. The zero-order valence-electron chi connectivity index (χ0n) is 15.3. The highest BCUT2D eigenvalue weighted by molar-refractivity contribution is 8.00. The van der Waals surface area contributed by atoms with Gasteiger partial charge >= 0.3 is 6.03 Å². The third kappa shape index (κ3) is 5.76. The number of rotatable bonds is 5. The van der Waals surface area contributed by atoms with Crippen LogP contribution in [-0.4, -0.2) is 40.0 Å². The molecular weight excluding hydrogens is 356 g/mol. The van der Waals surface area contributed by atoms with Gasteiger partial charge in [0.2, 0.25) is 11.8 Å². The van der Waals surface area contributed by atoms with Gasteiger partial charge in [-0.1, -0.05) is 11.8 Å². The molecule has 0 radical (unpaired) electrons. The monoisotopic (exact) mass is 378 g/mol. The molecule has 2 rings (SSSR count). The standard InChI is InChI=1S/C17H22N4O4S/c1-10(13(22)18-15(23)19-17(2,3)4)26-16-21-20-14(25-16)11-6-8-12(24-5)9-7-11/h6-10H,1-5H3,(H2,18,19,22,23)/t10-/m0/s1. The smallest absolute Gasteiger partial charge is 0.321 e. The van der Waals surface area contributed by atoms with Crippen molar-refractivity contribution in [1.29, 1.82) is 0 Å². The van der Waals surface area contributed by atoms with Crippen molar-refractivity contribution >= 4 is 23.7 Å². The molecule has 140 valence electrons. The molecular formula is C17H22N4O4S. The molecule has 1 heterocycles. The summed E-state index contributed by atoms with van der Waals surface area (Å²) < 4.78 is 10.7. The van der Waals surface area contributed by atoms with E-state index in [0.717, 1.165) is 23.1 Å². The van der Waals surface area contributed by atoms with E-state index < -0.39 is 22.7 Å². The molecule has 0 aliphatic rings. The average Bonchev–Trinajstić information content (AvgIpc) is 3.01. The zero-order chi connectivity index (χ0) is 19.3. The maximum Gasteiger partial charge on any atom is 0.321 e. The summed E-state index contributed by atoms with van der Waals surface area (Å²) >= 11 is 1.08. The van der Waals surface area contributed by atoms with Gasteiger partial charge in [0, 0.05) is 11.1 Å². The van der Waals surface area contributed by atoms with Crippen LogP contribution in [0.5, 0.6) is 5.75 Å². The number of urea groups is 1. The topological polar surface area (TPSA) is 106 Å². The molecule has 0 fully saturated rings. The van der Waals surface area contributed by atoms with E-state index in [4.69, 9.17) is 9.15 Å². The largest absolute Gasteiger partial charge is 0.497 e. The summed E-state index contributed by atoms with van der Waals surface area (Å²) in [6.45, 7) is 7.14. The van der Waals surface area contributed by atoms with E-state index in [1.165, 1.54) is 0 Å². The lowest BCUT2D eigenvalue weighted by Gasteiger charge is -2.20. The second-order valence-corrected chi connectivity index (χ2v) is 7.85. The van der Waals surface area contributed by atoms with E-state index in [0.29, 0.717) is 5.89 Å². The molecule has 1 aromatic heterocycles. The van der Waals surface area contributed by atoms with Crippen LogP contribution in [0.2, 0.25) is 0 Å². The second-order valence-electron chi connectivity index (χ2n) is 6.56. The van der Waals surface area contributed by atoms with Gasteiger partial charge in [0.05, 0.1) is 12.4 Å². The van der Waals surface area contributed by atoms with E-state index in [2.05, 4.69) is 20.8 Å². The van der Waals surface area contributed by atoms with Gasteiger partial charge in [0.15, 0.2) is 0 Å². The van der Waals surface area contributed by atoms with Crippen LogP contribution in [0.25, 0.3) is 11.5 Å². The van der Waals surface area contributed by atoms with Crippen LogP contribution in [0, 0.1) is 0 Å². The van der Waals surface area contributed by atoms with Crippen molar-refractivity contribution in [2.45, 2.75) is 43.7 Å². The van der Waals surface area contributed by atoms with Gasteiger partial charge in [0.1, 0.15) is 5.75 Å². The minimum Gasteiger partial charge on any atom is -0.497 e. The lowest BCUT2D eigenvalue weighted by Crippen LogP contribution is -2.49. The molecule has 3 amide bonds. The van der Waals surface area contributed by atoms with Crippen LogP contribution in [-0.2, 0) is 4.79 Å². The van der Waals surface area contributed by atoms with Crippen LogP contribution >= 0.6 is 11.8 Å². The number of nitrogens with zero attached hydrogens (tertiary/aromatic N) is 2. The first-order chi connectivity index (χ1) is 12.2. The normalized spacial score (nSPS) is 12.3. The molecule has 2 N–H and O–H groups in total. The number of ether oxygens (including phenoxy) is 1. The van der Waals surface area contributed by atoms with E-state index in [1.54, 1.807) is 38.3 Å². The number of benzene rings is 1. The Morgan fingerprint density at radius 2 is 1.85 bits per heavy atom. The van der Waals surface area contributed by atoms with E-state index in [9.17, 15) is 9.59 Å². The van der Waals surface area contributed by atoms with Crippen LogP contribution in [0.1, 0.15) is 27.7 Å². The fourth-order valence-corrected chi connectivity index (χ4v) is 2.58. The third-order valence-electron chi connectivity index (χ3n) is 3.12. The fraction of sp³-hybridized carbons (Fsp3) is 0.412. The Bertz CT molecular complexity index is 768. The molecule has 8 nitrogen and oxygen atoms in total. The molecule has 0 aliphatic carbocycles. The van der Waals surface area contributed by atoms with Crippen LogP contribution in [0.15, 0.2) is 33.9 Å². The highest BCUT2D eigenvalue weighted by Gasteiger charge is 2.22. The summed E-state index contributed by atoms with van der Waals surface area (Å²) in [5, 5.41) is 12.5. The summed E-state index contributed by atoms with van der Waals surface area (Å²) in [6.07, 6.45) is 0. The first-order valence-electron chi connectivity index (χ1n) is 7.95. The van der Waals surface area contributed by atoms with Gasteiger partial charge in [0.25, 0.3) is 5.22 Å². The van der Waals surface area contributed by atoms with Gasteiger partial charge in [-0.05, 0) is 52.0 Å². The maximum atomic E-state index is 12.1. The number of methoxy groups -OCH3 is 1. The van der Waals surface area contributed by atoms with E-state index in [1.807, 2.05) is 20.8 Å². The van der Waals surface area contributed by atoms with Crippen molar-refractivity contribution in [3.05, 3.63) is 24.3 Å².